The monoisotopic (exact) mass is 296 g/mol. The van der Waals surface area contributed by atoms with Crippen LogP contribution in [0, 0.1) is 0 Å². The number of hydrogen-bond acceptors (Lipinski definition) is 5. The Labute approximate surface area is 125 Å². The normalized spacial score (nSPS) is 21.3. The van der Waals surface area contributed by atoms with E-state index in [4.69, 9.17) is 4.74 Å². The lowest BCUT2D eigenvalue weighted by Crippen LogP contribution is -2.43. The Bertz CT molecular complexity index is 420. The second-order valence-corrected chi connectivity index (χ2v) is 5.63. The first-order chi connectivity index (χ1) is 9.85. The summed E-state index contributed by atoms with van der Waals surface area (Å²) in [5.74, 6) is -0.299. The maximum Gasteiger partial charge on any atom is 0.251 e. The van der Waals surface area contributed by atoms with E-state index in [1.165, 1.54) is 11.8 Å². The number of rotatable bonds is 7. The van der Waals surface area contributed by atoms with Crippen molar-refractivity contribution >= 4 is 18.0 Å². The number of ketones is 1. The zero-order valence-electron chi connectivity index (χ0n) is 12.9. The third-order valence-corrected chi connectivity index (χ3v) is 3.28. The van der Waals surface area contributed by atoms with E-state index in [1.54, 1.807) is 0 Å². The third kappa shape index (κ3) is 5.40. The Balaban J connectivity index is 2.76. The van der Waals surface area contributed by atoms with Crippen molar-refractivity contribution in [3.8, 4) is 0 Å². The van der Waals surface area contributed by atoms with E-state index in [1.807, 2.05) is 13.8 Å². The molecule has 1 heterocycles. The molecule has 0 aliphatic carbocycles. The lowest BCUT2D eigenvalue weighted by atomic mass is 10.1. The molecule has 0 spiro atoms. The number of nitrogens with zero attached hydrogens (tertiary/aromatic N) is 1. The number of amides is 1. The lowest BCUT2D eigenvalue weighted by Gasteiger charge is -2.26. The van der Waals surface area contributed by atoms with Crippen molar-refractivity contribution in [2.24, 2.45) is 0 Å². The van der Waals surface area contributed by atoms with Crippen LogP contribution in [0.15, 0.2) is 12.2 Å². The van der Waals surface area contributed by atoms with Gasteiger partial charge in [0.15, 0.2) is 0 Å². The summed E-state index contributed by atoms with van der Waals surface area (Å²) in [6.45, 7) is 9.23. The maximum atomic E-state index is 12.3. The molecule has 0 aromatic heterocycles. The van der Waals surface area contributed by atoms with Gasteiger partial charge in [0, 0.05) is 24.5 Å². The van der Waals surface area contributed by atoms with Crippen LogP contribution in [0.2, 0.25) is 0 Å². The van der Waals surface area contributed by atoms with Crippen molar-refractivity contribution in [2.45, 2.75) is 58.3 Å². The van der Waals surface area contributed by atoms with Crippen molar-refractivity contribution in [3.63, 3.8) is 0 Å². The second kappa shape index (κ2) is 8.05. The quantitative estimate of drug-likeness (QED) is 0.560. The van der Waals surface area contributed by atoms with Crippen LogP contribution in [0.3, 0.4) is 0 Å². The Morgan fingerprint density at radius 2 is 2.24 bits per heavy atom. The van der Waals surface area contributed by atoms with Crippen LogP contribution in [-0.4, -0.2) is 47.9 Å². The standard InChI is InChI=1S/C15H24N2O4/c1-10(2)16-14-7-11(3)15(20)17(9-21-14)13(8-18)6-5-12(4)19/h8,10,13-14,16H,3,5-7,9H2,1-2,4H3. The molecule has 2 unspecified atom stereocenters. The van der Waals surface area contributed by atoms with E-state index >= 15 is 0 Å². The molecule has 118 valence electrons. The van der Waals surface area contributed by atoms with Gasteiger partial charge in [-0.15, -0.1) is 0 Å². The number of carbonyl (C=O) groups excluding carboxylic acids is 3. The van der Waals surface area contributed by atoms with E-state index in [0.29, 0.717) is 24.7 Å². The van der Waals surface area contributed by atoms with Crippen LogP contribution in [0.5, 0.6) is 0 Å². The lowest BCUT2D eigenvalue weighted by molar-refractivity contribution is -0.140. The molecule has 1 fully saturated rings. The highest BCUT2D eigenvalue weighted by Crippen LogP contribution is 2.18. The van der Waals surface area contributed by atoms with Gasteiger partial charge in [-0.3, -0.25) is 10.1 Å². The molecule has 6 nitrogen and oxygen atoms in total. The summed E-state index contributed by atoms with van der Waals surface area (Å²) in [5, 5.41) is 3.20. The van der Waals surface area contributed by atoms with Crippen molar-refractivity contribution in [1.29, 1.82) is 0 Å². The van der Waals surface area contributed by atoms with Gasteiger partial charge >= 0.3 is 0 Å². The fourth-order valence-corrected chi connectivity index (χ4v) is 2.18. The Hall–Kier alpha value is -1.53. The first kappa shape index (κ1) is 17.5. The summed E-state index contributed by atoms with van der Waals surface area (Å²) in [4.78, 5) is 35.9. The van der Waals surface area contributed by atoms with Crippen molar-refractivity contribution < 1.29 is 19.1 Å². The second-order valence-electron chi connectivity index (χ2n) is 5.63. The zero-order valence-corrected chi connectivity index (χ0v) is 12.9. The average Bonchev–Trinajstić information content (AvgIpc) is 2.52. The molecule has 1 aliphatic rings. The van der Waals surface area contributed by atoms with Gasteiger partial charge in [0.2, 0.25) is 0 Å². The van der Waals surface area contributed by atoms with E-state index in [9.17, 15) is 14.4 Å². The number of ether oxygens (including phenoxy) is 1. The molecule has 0 aromatic carbocycles. The molecule has 0 bridgehead atoms. The summed E-state index contributed by atoms with van der Waals surface area (Å²) in [6, 6.07) is -0.444. The van der Waals surface area contributed by atoms with Crippen molar-refractivity contribution in [1.82, 2.24) is 10.2 Å². The molecule has 0 saturated carbocycles. The summed E-state index contributed by atoms with van der Waals surface area (Å²) in [5.41, 5.74) is 0.403. The van der Waals surface area contributed by atoms with Crippen molar-refractivity contribution in [3.05, 3.63) is 12.2 Å². The molecule has 1 N–H and O–H groups in total. The molecule has 0 radical (unpaired) electrons. The van der Waals surface area contributed by atoms with E-state index < -0.39 is 6.04 Å². The summed E-state index contributed by atoms with van der Waals surface area (Å²) < 4.78 is 5.65. The van der Waals surface area contributed by atoms with Crippen molar-refractivity contribution in [2.75, 3.05) is 6.73 Å². The van der Waals surface area contributed by atoms with E-state index in [-0.39, 0.29) is 37.1 Å². The SMILES string of the molecule is C=C1CC(NC(C)C)OCN(C(C=O)CCC(C)=O)C1=O. The number of Topliss-reactive ketones (excluding diaryl/α,β-unsaturated/α-hetero) is 1. The first-order valence-electron chi connectivity index (χ1n) is 7.16. The molecule has 0 aromatic rings. The van der Waals surface area contributed by atoms with Crippen LogP contribution in [0.25, 0.3) is 0 Å². The highest BCUT2D eigenvalue weighted by molar-refractivity contribution is 5.94. The van der Waals surface area contributed by atoms with E-state index in [0.717, 1.165) is 0 Å². The number of hydrogen-bond donors (Lipinski definition) is 1. The highest BCUT2D eigenvalue weighted by Gasteiger charge is 2.30. The Morgan fingerprint density at radius 1 is 1.57 bits per heavy atom. The molecule has 6 heteroatoms. The fourth-order valence-electron chi connectivity index (χ4n) is 2.18. The van der Waals surface area contributed by atoms with Gasteiger partial charge in [-0.1, -0.05) is 6.58 Å². The molecule has 1 amide bonds. The molecular formula is C15H24N2O4. The summed E-state index contributed by atoms with van der Waals surface area (Å²) >= 11 is 0. The van der Waals surface area contributed by atoms with Gasteiger partial charge < -0.3 is 19.2 Å². The average molecular weight is 296 g/mol. The van der Waals surface area contributed by atoms with Crippen LogP contribution in [-0.2, 0) is 19.1 Å². The van der Waals surface area contributed by atoms with Gasteiger partial charge in [0.05, 0.1) is 6.04 Å². The van der Waals surface area contributed by atoms with Gasteiger partial charge in [0.25, 0.3) is 5.91 Å². The fraction of sp³-hybridized carbons (Fsp3) is 0.667. The molecule has 1 rings (SSSR count). The van der Waals surface area contributed by atoms with Gasteiger partial charge in [-0.05, 0) is 27.2 Å². The minimum atomic E-state index is -0.657. The van der Waals surface area contributed by atoms with Crippen LogP contribution < -0.4 is 5.32 Å². The van der Waals surface area contributed by atoms with E-state index in [2.05, 4.69) is 11.9 Å². The molecule has 1 saturated heterocycles. The number of carbonyl (C=O) groups is 3. The number of nitrogens with one attached hydrogen (secondary N) is 1. The maximum absolute atomic E-state index is 12.3. The summed E-state index contributed by atoms with van der Waals surface area (Å²) in [7, 11) is 0. The minimum absolute atomic E-state index is 0.0109. The predicted molar refractivity (Wildman–Crippen MR) is 78.4 cm³/mol. The number of aldehydes is 1. The molecule has 1 aliphatic heterocycles. The zero-order chi connectivity index (χ0) is 16.0. The predicted octanol–water partition coefficient (Wildman–Crippen LogP) is 1.01. The van der Waals surface area contributed by atoms with Crippen LogP contribution in [0.4, 0.5) is 0 Å². The Morgan fingerprint density at radius 3 is 2.76 bits per heavy atom. The molecular weight excluding hydrogens is 272 g/mol. The topological polar surface area (TPSA) is 75.7 Å². The first-order valence-corrected chi connectivity index (χ1v) is 7.16. The largest absolute Gasteiger partial charge is 0.343 e. The Kier molecular flexibility index (Phi) is 6.71. The van der Waals surface area contributed by atoms with Gasteiger partial charge in [0.1, 0.15) is 25.0 Å². The van der Waals surface area contributed by atoms with Gasteiger partial charge in [-0.25, -0.2) is 0 Å². The molecule has 2 atom stereocenters. The molecule has 21 heavy (non-hydrogen) atoms. The smallest absolute Gasteiger partial charge is 0.251 e. The van der Waals surface area contributed by atoms with Crippen LogP contribution in [0.1, 0.15) is 40.0 Å². The van der Waals surface area contributed by atoms with Gasteiger partial charge in [-0.2, -0.15) is 0 Å². The third-order valence-electron chi connectivity index (χ3n) is 3.28. The minimum Gasteiger partial charge on any atom is -0.343 e. The van der Waals surface area contributed by atoms with Crippen LogP contribution >= 0.6 is 0 Å². The summed E-state index contributed by atoms with van der Waals surface area (Å²) in [6.07, 6.45) is 1.34. The highest BCUT2D eigenvalue weighted by atomic mass is 16.5.